The van der Waals surface area contributed by atoms with E-state index in [1.807, 2.05) is 0 Å². The maximum absolute atomic E-state index is 10.7. The Hall–Kier alpha value is -2.07. The van der Waals surface area contributed by atoms with E-state index >= 15 is 0 Å². The lowest BCUT2D eigenvalue weighted by Crippen LogP contribution is -2.04. The lowest BCUT2D eigenvalue weighted by molar-refractivity contribution is -0.395. The van der Waals surface area contributed by atoms with Crippen LogP contribution < -0.4 is 0 Å². The highest BCUT2D eigenvalue weighted by molar-refractivity contribution is 7.85. The van der Waals surface area contributed by atoms with Gasteiger partial charge in [-0.05, 0) is 6.92 Å². The fourth-order valence-corrected chi connectivity index (χ4v) is 1.69. The van der Waals surface area contributed by atoms with Gasteiger partial charge in [-0.2, -0.15) is 0 Å². The molecule has 0 atom stereocenters. The molecule has 0 heterocycles. The zero-order valence-electron chi connectivity index (χ0n) is 8.32. The van der Waals surface area contributed by atoms with Crippen molar-refractivity contribution in [1.82, 2.24) is 0 Å². The Morgan fingerprint density at radius 1 is 1.06 bits per heavy atom. The summed E-state index contributed by atoms with van der Waals surface area (Å²) in [4.78, 5) is 18.1. The van der Waals surface area contributed by atoms with E-state index < -0.39 is 36.2 Å². The third-order valence-corrected chi connectivity index (χ3v) is 2.82. The van der Waals surface area contributed by atoms with Crippen LogP contribution in [0.15, 0.2) is 17.0 Å². The molecule has 0 saturated carbocycles. The fourth-order valence-electron chi connectivity index (χ4n) is 1.18. The largest absolute Gasteiger partial charge is 0.744 e. The third kappa shape index (κ3) is 2.54. The molecule has 0 aliphatic carbocycles. The molecule has 0 bridgehead atoms. The molecule has 92 valence electrons. The summed E-state index contributed by atoms with van der Waals surface area (Å²) < 4.78 is 32.1. The maximum Gasteiger partial charge on any atom is 0.280 e. The van der Waals surface area contributed by atoms with Gasteiger partial charge in [-0.25, -0.2) is 8.42 Å². The first-order chi connectivity index (χ1) is 7.64. The van der Waals surface area contributed by atoms with Crippen LogP contribution >= 0.6 is 0 Å². The quantitative estimate of drug-likeness (QED) is 0.442. The summed E-state index contributed by atoms with van der Waals surface area (Å²) in [6, 6.07) is 1.01. The molecule has 0 radical (unpaired) electrons. The number of nitro groups is 2. The summed E-state index contributed by atoms with van der Waals surface area (Å²) in [6.07, 6.45) is 0. The van der Waals surface area contributed by atoms with Crippen molar-refractivity contribution in [3.05, 3.63) is 37.9 Å². The average Bonchev–Trinajstić information content (AvgIpc) is 2.14. The average molecular weight is 261 g/mol. The minimum Gasteiger partial charge on any atom is -0.744 e. The van der Waals surface area contributed by atoms with Crippen LogP contribution in [0.2, 0.25) is 0 Å². The fraction of sp³-hybridized carbons (Fsp3) is 0.143. The molecule has 1 aromatic rings. The summed E-state index contributed by atoms with van der Waals surface area (Å²) >= 11 is 0. The molecule has 0 unspecified atom stereocenters. The van der Waals surface area contributed by atoms with Crippen LogP contribution in [0.5, 0.6) is 0 Å². The molecular formula is C7H5N2O7S-. The van der Waals surface area contributed by atoms with E-state index in [0.717, 1.165) is 6.92 Å². The topological polar surface area (TPSA) is 143 Å². The second-order valence-corrected chi connectivity index (χ2v) is 4.43. The van der Waals surface area contributed by atoms with Gasteiger partial charge in [0.05, 0.1) is 14.7 Å². The van der Waals surface area contributed by atoms with Gasteiger partial charge in [0, 0.05) is 12.1 Å². The Kier molecular flexibility index (Phi) is 3.11. The molecule has 0 saturated heterocycles. The number of nitro benzene ring substituents is 2. The predicted octanol–water partition coefficient (Wildman–Crippen LogP) is 0.716. The van der Waals surface area contributed by atoms with Crippen molar-refractivity contribution in [1.29, 1.82) is 0 Å². The number of nitrogens with zero attached hydrogens (tertiary/aromatic N) is 2. The molecule has 0 spiro atoms. The molecule has 0 aliphatic rings. The Labute approximate surface area is 94.7 Å². The van der Waals surface area contributed by atoms with Crippen LogP contribution in [-0.4, -0.2) is 22.8 Å². The Morgan fingerprint density at radius 3 is 1.65 bits per heavy atom. The van der Waals surface area contributed by atoms with Gasteiger partial charge >= 0.3 is 0 Å². The van der Waals surface area contributed by atoms with Gasteiger partial charge in [-0.1, -0.05) is 0 Å². The summed E-state index contributed by atoms with van der Waals surface area (Å²) in [5.74, 6) is 0. The lowest BCUT2D eigenvalue weighted by atomic mass is 10.1. The van der Waals surface area contributed by atoms with Crippen LogP contribution in [0.4, 0.5) is 11.4 Å². The van der Waals surface area contributed by atoms with E-state index in [1.54, 1.807) is 0 Å². The molecule has 0 N–H and O–H groups in total. The first kappa shape index (κ1) is 13.0. The van der Waals surface area contributed by atoms with E-state index in [1.165, 1.54) is 0 Å². The lowest BCUT2D eigenvalue weighted by Gasteiger charge is -2.07. The highest BCUT2D eigenvalue weighted by Gasteiger charge is 2.24. The zero-order chi connectivity index (χ0) is 13.4. The van der Waals surface area contributed by atoms with Gasteiger partial charge in [-0.3, -0.25) is 20.2 Å². The smallest absolute Gasteiger partial charge is 0.280 e. The molecule has 0 fully saturated rings. The molecular weight excluding hydrogens is 256 g/mol. The minimum absolute atomic E-state index is 0.313. The van der Waals surface area contributed by atoms with Crippen LogP contribution in [0.1, 0.15) is 5.56 Å². The summed E-state index contributed by atoms with van der Waals surface area (Å²) in [6.45, 7) is 1.09. The molecule has 0 amide bonds. The van der Waals surface area contributed by atoms with Crippen molar-refractivity contribution < 1.29 is 22.8 Å². The SMILES string of the molecule is Cc1c([N+](=O)[O-])cc(S(=O)(=O)[O-])cc1[N+](=O)[O-]. The van der Waals surface area contributed by atoms with E-state index in [4.69, 9.17) is 0 Å². The molecule has 0 aliphatic heterocycles. The summed E-state index contributed by atoms with van der Waals surface area (Å²) in [5.41, 5.74) is -1.88. The van der Waals surface area contributed by atoms with Crippen molar-refractivity contribution in [3.63, 3.8) is 0 Å². The van der Waals surface area contributed by atoms with Crippen molar-refractivity contribution in [2.45, 2.75) is 11.8 Å². The summed E-state index contributed by atoms with van der Waals surface area (Å²) in [5, 5.41) is 21.1. The van der Waals surface area contributed by atoms with Crippen LogP contribution in [0.25, 0.3) is 0 Å². The third-order valence-electron chi connectivity index (χ3n) is 2.01. The van der Waals surface area contributed by atoms with Crippen molar-refractivity contribution in [2.24, 2.45) is 0 Å². The summed E-state index contributed by atoms with van der Waals surface area (Å²) in [7, 11) is -4.99. The maximum atomic E-state index is 10.7. The minimum atomic E-state index is -4.99. The molecule has 0 aromatic heterocycles. The Balaban J connectivity index is 3.71. The second-order valence-electron chi connectivity index (χ2n) is 3.05. The van der Waals surface area contributed by atoms with Gasteiger partial charge in [0.25, 0.3) is 11.4 Å². The zero-order valence-corrected chi connectivity index (χ0v) is 9.13. The highest BCUT2D eigenvalue weighted by Crippen LogP contribution is 2.30. The molecule has 1 rings (SSSR count). The first-order valence-corrected chi connectivity index (χ1v) is 5.44. The Bertz CT molecular complexity index is 572. The van der Waals surface area contributed by atoms with E-state index in [9.17, 15) is 33.2 Å². The van der Waals surface area contributed by atoms with Crippen LogP contribution in [-0.2, 0) is 10.1 Å². The van der Waals surface area contributed by atoms with Crippen LogP contribution in [0, 0.1) is 27.2 Å². The molecule has 9 nitrogen and oxygen atoms in total. The van der Waals surface area contributed by atoms with E-state index in [0.29, 0.717) is 12.1 Å². The van der Waals surface area contributed by atoms with E-state index in [-0.39, 0.29) is 5.56 Å². The predicted molar refractivity (Wildman–Crippen MR) is 52.5 cm³/mol. The highest BCUT2D eigenvalue weighted by atomic mass is 32.2. The molecule has 17 heavy (non-hydrogen) atoms. The van der Waals surface area contributed by atoms with Gasteiger partial charge < -0.3 is 4.55 Å². The van der Waals surface area contributed by atoms with Crippen molar-refractivity contribution in [3.8, 4) is 0 Å². The molecule has 1 aromatic carbocycles. The van der Waals surface area contributed by atoms with Crippen LogP contribution in [0.3, 0.4) is 0 Å². The monoisotopic (exact) mass is 261 g/mol. The van der Waals surface area contributed by atoms with E-state index in [2.05, 4.69) is 0 Å². The van der Waals surface area contributed by atoms with Gasteiger partial charge in [0.15, 0.2) is 0 Å². The first-order valence-electron chi connectivity index (χ1n) is 4.04. The number of hydrogen-bond acceptors (Lipinski definition) is 7. The standard InChI is InChI=1S/C7H6N2O7S/c1-4-6(8(10)11)2-5(17(14,15)16)3-7(4)9(12)13/h2-3H,1H3,(H,14,15,16)/p-1. The number of hydrogen-bond donors (Lipinski definition) is 0. The van der Waals surface area contributed by atoms with Crippen molar-refractivity contribution in [2.75, 3.05) is 0 Å². The molecule has 10 heteroatoms. The van der Waals surface area contributed by atoms with Gasteiger partial charge in [0.2, 0.25) is 0 Å². The van der Waals surface area contributed by atoms with Gasteiger partial charge in [-0.15, -0.1) is 0 Å². The van der Waals surface area contributed by atoms with Gasteiger partial charge in [0.1, 0.15) is 15.7 Å². The van der Waals surface area contributed by atoms with Crippen molar-refractivity contribution >= 4 is 21.5 Å². The number of rotatable bonds is 3. The normalized spacial score (nSPS) is 11.2. The number of benzene rings is 1. The Morgan fingerprint density at radius 2 is 1.41 bits per heavy atom. The second kappa shape index (κ2) is 4.07.